The molecule has 22 heavy (non-hydrogen) atoms. The summed E-state index contributed by atoms with van der Waals surface area (Å²) in [5.41, 5.74) is 0.258. The van der Waals surface area contributed by atoms with Crippen LogP contribution in [0.5, 0.6) is 0 Å². The van der Waals surface area contributed by atoms with Gasteiger partial charge in [0, 0.05) is 19.3 Å². The van der Waals surface area contributed by atoms with Gasteiger partial charge in [-0.25, -0.2) is 9.97 Å². The van der Waals surface area contributed by atoms with Crippen molar-refractivity contribution in [3.8, 4) is 0 Å². The molecule has 0 aromatic carbocycles. The van der Waals surface area contributed by atoms with E-state index in [0.717, 1.165) is 36.1 Å². The number of nitrogens with zero attached hydrogens (tertiary/aromatic N) is 3. The molecular weight excluding hydrogens is 276 g/mol. The van der Waals surface area contributed by atoms with Gasteiger partial charge in [0.1, 0.15) is 17.8 Å². The number of aromatic nitrogens is 3. The Bertz CT molecular complexity index is 645. The van der Waals surface area contributed by atoms with Crippen molar-refractivity contribution in [2.75, 3.05) is 11.9 Å². The second kappa shape index (κ2) is 5.54. The first-order chi connectivity index (χ1) is 10.4. The highest BCUT2D eigenvalue weighted by Gasteiger charge is 2.37. The number of hydrogen-bond acceptors (Lipinski definition) is 4. The Morgan fingerprint density at radius 1 is 1.32 bits per heavy atom. The SMILES string of the molecule is CC1CCC(C(C)(C)O)CC1N(C)c1ncnc2[nH]ccc12. The van der Waals surface area contributed by atoms with E-state index in [1.165, 1.54) is 0 Å². The molecule has 1 saturated carbocycles. The molecule has 0 amide bonds. The molecule has 0 saturated heterocycles. The summed E-state index contributed by atoms with van der Waals surface area (Å²) >= 11 is 0. The summed E-state index contributed by atoms with van der Waals surface area (Å²) < 4.78 is 0. The highest BCUT2D eigenvalue weighted by atomic mass is 16.3. The molecule has 120 valence electrons. The summed E-state index contributed by atoms with van der Waals surface area (Å²) in [6.07, 6.45) is 6.76. The zero-order chi connectivity index (χ0) is 15.9. The average Bonchev–Trinajstić information content (AvgIpc) is 2.94. The largest absolute Gasteiger partial charge is 0.390 e. The Hall–Kier alpha value is -1.62. The van der Waals surface area contributed by atoms with Gasteiger partial charge in [0.25, 0.3) is 0 Å². The van der Waals surface area contributed by atoms with Crippen LogP contribution in [0.15, 0.2) is 18.6 Å². The minimum Gasteiger partial charge on any atom is -0.390 e. The van der Waals surface area contributed by atoms with Gasteiger partial charge >= 0.3 is 0 Å². The first-order valence-electron chi connectivity index (χ1n) is 8.11. The topological polar surface area (TPSA) is 65.0 Å². The quantitative estimate of drug-likeness (QED) is 0.915. The van der Waals surface area contributed by atoms with E-state index in [9.17, 15) is 5.11 Å². The molecule has 3 rings (SSSR count). The molecule has 0 bridgehead atoms. The van der Waals surface area contributed by atoms with E-state index in [1.807, 2.05) is 26.1 Å². The summed E-state index contributed by atoms with van der Waals surface area (Å²) in [4.78, 5) is 14.2. The molecule has 0 aliphatic heterocycles. The second-order valence-electron chi connectivity index (χ2n) is 7.26. The number of hydrogen-bond donors (Lipinski definition) is 2. The van der Waals surface area contributed by atoms with Crippen molar-refractivity contribution in [1.82, 2.24) is 15.0 Å². The fourth-order valence-corrected chi connectivity index (χ4v) is 3.78. The van der Waals surface area contributed by atoms with Crippen LogP contribution in [0.2, 0.25) is 0 Å². The summed E-state index contributed by atoms with van der Waals surface area (Å²) in [5, 5.41) is 11.4. The van der Waals surface area contributed by atoms with Crippen molar-refractivity contribution < 1.29 is 5.11 Å². The minimum absolute atomic E-state index is 0.333. The molecule has 5 heteroatoms. The van der Waals surface area contributed by atoms with E-state index in [4.69, 9.17) is 0 Å². The third-order valence-corrected chi connectivity index (χ3v) is 5.32. The highest BCUT2D eigenvalue weighted by Crippen LogP contribution is 2.39. The predicted molar refractivity (Wildman–Crippen MR) is 88.9 cm³/mol. The Morgan fingerprint density at radius 2 is 2.09 bits per heavy atom. The summed E-state index contributed by atoms with van der Waals surface area (Å²) in [5.74, 6) is 1.90. The van der Waals surface area contributed by atoms with Crippen LogP contribution < -0.4 is 4.90 Å². The van der Waals surface area contributed by atoms with Gasteiger partial charge in [-0.05, 0) is 51.0 Å². The van der Waals surface area contributed by atoms with E-state index < -0.39 is 5.60 Å². The lowest BCUT2D eigenvalue weighted by atomic mass is 9.72. The molecular formula is C17H26N4O. The first-order valence-corrected chi connectivity index (χ1v) is 8.11. The van der Waals surface area contributed by atoms with Crippen LogP contribution in [0.3, 0.4) is 0 Å². The summed E-state index contributed by atoms with van der Waals surface area (Å²) in [6.45, 7) is 6.16. The molecule has 1 aliphatic carbocycles. The van der Waals surface area contributed by atoms with E-state index in [-0.39, 0.29) is 0 Å². The maximum Gasteiger partial charge on any atom is 0.142 e. The van der Waals surface area contributed by atoms with Gasteiger partial charge < -0.3 is 15.0 Å². The molecule has 1 fully saturated rings. The number of anilines is 1. The van der Waals surface area contributed by atoms with Gasteiger partial charge in [-0.3, -0.25) is 0 Å². The number of aliphatic hydroxyl groups is 1. The third-order valence-electron chi connectivity index (χ3n) is 5.32. The van der Waals surface area contributed by atoms with Crippen LogP contribution in [0.1, 0.15) is 40.0 Å². The Labute approximate surface area is 131 Å². The molecule has 0 spiro atoms. The Morgan fingerprint density at radius 3 is 2.82 bits per heavy atom. The molecule has 5 nitrogen and oxygen atoms in total. The number of fused-ring (bicyclic) bond motifs is 1. The smallest absolute Gasteiger partial charge is 0.142 e. The van der Waals surface area contributed by atoms with Crippen molar-refractivity contribution >= 4 is 16.9 Å². The van der Waals surface area contributed by atoms with Crippen LogP contribution in [0.4, 0.5) is 5.82 Å². The van der Waals surface area contributed by atoms with Gasteiger partial charge in [-0.15, -0.1) is 0 Å². The zero-order valence-electron chi connectivity index (χ0n) is 13.9. The van der Waals surface area contributed by atoms with Crippen LogP contribution in [-0.4, -0.2) is 38.7 Å². The molecule has 3 atom stereocenters. The Balaban J connectivity index is 1.89. The van der Waals surface area contributed by atoms with Crippen LogP contribution in [0, 0.1) is 11.8 Å². The van der Waals surface area contributed by atoms with E-state index >= 15 is 0 Å². The first kappa shape index (κ1) is 15.3. The summed E-state index contributed by atoms with van der Waals surface area (Å²) in [7, 11) is 2.11. The van der Waals surface area contributed by atoms with E-state index in [0.29, 0.717) is 17.9 Å². The monoisotopic (exact) mass is 302 g/mol. The fraction of sp³-hybridized carbons (Fsp3) is 0.647. The van der Waals surface area contributed by atoms with Crippen molar-refractivity contribution in [3.63, 3.8) is 0 Å². The molecule has 2 N–H and O–H groups in total. The maximum absolute atomic E-state index is 10.4. The summed E-state index contributed by atoms with van der Waals surface area (Å²) in [6, 6.07) is 2.42. The van der Waals surface area contributed by atoms with E-state index in [1.54, 1.807) is 6.33 Å². The number of nitrogens with one attached hydrogen (secondary N) is 1. The van der Waals surface area contributed by atoms with Crippen molar-refractivity contribution in [1.29, 1.82) is 0 Å². The molecule has 2 heterocycles. The highest BCUT2D eigenvalue weighted by molar-refractivity contribution is 5.87. The molecule has 3 unspecified atom stereocenters. The lowest BCUT2D eigenvalue weighted by Gasteiger charge is -2.44. The fourth-order valence-electron chi connectivity index (χ4n) is 3.78. The maximum atomic E-state index is 10.4. The lowest BCUT2D eigenvalue weighted by molar-refractivity contribution is -0.00941. The van der Waals surface area contributed by atoms with Crippen molar-refractivity contribution in [2.45, 2.75) is 51.7 Å². The van der Waals surface area contributed by atoms with Gasteiger partial charge in [0.15, 0.2) is 0 Å². The van der Waals surface area contributed by atoms with E-state index in [2.05, 4.69) is 33.8 Å². The van der Waals surface area contributed by atoms with Gasteiger partial charge in [0.2, 0.25) is 0 Å². The van der Waals surface area contributed by atoms with Crippen molar-refractivity contribution in [3.05, 3.63) is 18.6 Å². The van der Waals surface area contributed by atoms with Crippen LogP contribution in [-0.2, 0) is 0 Å². The van der Waals surface area contributed by atoms with Gasteiger partial charge in [0.05, 0.1) is 11.0 Å². The third kappa shape index (κ3) is 2.70. The minimum atomic E-state index is -0.617. The lowest BCUT2D eigenvalue weighted by Crippen LogP contribution is -2.46. The van der Waals surface area contributed by atoms with Crippen LogP contribution in [0.25, 0.3) is 11.0 Å². The van der Waals surface area contributed by atoms with Gasteiger partial charge in [-0.2, -0.15) is 0 Å². The van der Waals surface area contributed by atoms with Crippen LogP contribution >= 0.6 is 0 Å². The number of H-pyrrole nitrogens is 1. The van der Waals surface area contributed by atoms with Gasteiger partial charge in [-0.1, -0.05) is 6.92 Å². The molecule has 2 aromatic rings. The molecule has 2 aromatic heterocycles. The Kier molecular flexibility index (Phi) is 3.85. The molecule has 1 aliphatic rings. The van der Waals surface area contributed by atoms with Crippen molar-refractivity contribution in [2.24, 2.45) is 11.8 Å². The second-order valence-corrected chi connectivity index (χ2v) is 7.26. The number of aromatic amines is 1. The predicted octanol–water partition coefficient (Wildman–Crippen LogP) is 2.97. The normalized spacial score (nSPS) is 26.3. The zero-order valence-corrected chi connectivity index (χ0v) is 13.9. The average molecular weight is 302 g/mol. The number of rotatable bonds is 3. The molecule has 0 radical (unpaired) electrons. The standard InChI is InChI=1S/C17H26N4O/c1-11-5-6-12(17(2,3)22)9-14(11)21(4)16-13-7-8-18-15(13)19-10-20-16/h7-8,10-12,14,22H,5-6,9H2,1-4H3,(H,18,19,20).